The van der Waals surface area contributed by atoms with Gasteiger partial charge in [0.05, 0.1) is 38.0 Å². The van der Waals surface area contributed by atoms with Gasteiger partial charge in [-0.1, -0.05) is 105 Å². The Balaban J connectivity index is 0. The van der Waals surface area contributed by atoms with Gasteiger partial charge in [0.15, 0.2) is 0 Å². The van der Waals surface area contributed by atoms with E-state index >= 15 is 0 Å². The van der Waals surface area contributed by atoms with E-state index in [1.165, 1.54) is 51.4 Å². The first-order valence-electron chi connectivity index (χ1n) is 12.9. The summed E-state index contributed by atoms with van der Waals surface area (Å²) in [7, 11) is 0. The number of carboxylic acids is 1. The van der Waals surface area contributed by atoms with Gasteiger partial charge in [-0.3, -0.25) is 0 Å². The van der Waals surface area contributed by atoms with Gasteiger partial charge in [-0.05, 0) is 24.7 Å². The van der Waals surface area contributed by atoms with E-state index in [9.17, 15) is 15.0 Å². The zero-order valence-corrected chi connectivity index (χ0v) is 25.0. The molecule has 0 spiro atoms. The maximum Gasteiger partial charge on any atom is 1.00 e. The van der Waals surface area contributed by atoms with Crippen LogP contribution >= 0.6 is 0 Å². The van der Waals surface area contributed by atoms with E-state index in [1.807, 2.05) is 0 Å². The van der Waals surface area contributed by atoms with Crippen LogP contribution in [0.15, 0.2) is 0 Å². The van der Waals surface area contributed by atoms with E-state index in [0.717, 1.165) is 50.4 Å². The van der Waals surface area contributed by atoms with Crippen molar-refractivity contribution in [1.29, 1.82) is 0 Å². The summed E-state index contributed by atoms with van der Waals surface area (Å²) in [6.45, 7) is 9.18. The molecule has 32 heavy (non-hydrogen) atoms. The Morgan fingerprint density at radius 3 is 1.62 bits per heavy atom. The topological polar surface area (TPSA) is 78.8 Å². The first-order valence-corrected chi connectivity index (χ1v) is 12.9. The number of unbranched alkanes of at least 4 members (excludes halogenated alkanes) is 8. The third-order valence-corrected chi connectivity index (χ3v) is 5.67. The van der Waals surface area contributed by atoms with Crippen LogP contribution in [0, 0.1) is 11.8 Å². The number of aliphatic hydroxyl groups excluding tert-OH is 1. The van der Waals surface area contributed by atoms with E-state index in [2.05, 4.69) is 27.7 Å². The third-order valence-electron chi connectivity index (χ3n) is 5.67. The quantitative estimate of drug-likeness (QED) is 0.179. The summed E-state index contributed by atoms with van der Waals surface area (Å²) in [6.07, 6.45) is 15.5. The van der Waals surface area contributed by atoms with Gasteiger partial charge in [-0.2, -0.15) is 0 Å². The van der Waals surface area contributed by atoms with Crippen molar-refractivity contribution < 1.29 is 75.9 Å². The van der Waals surface area contributed by atoms with Crippen molar-refractivity contribution in [2.45, 2.75) is 130 Å². The molecule has 0 amide bonds. The average molecular weight is 483 g/mol. The summed E-state index contributed by atoms with van der Waals surface area (Å²) in [6, 6.07) is 0. The molecule has 0 aromatic rings. The molecule has 0 bridgehead atoms. The second-order valence-corrected chi connectivity index (χ2v) is 9.97. The van der Waals surface area contributed by atoms with Crippen LogP contribution in [0.4, 0.5) is 0 Å². The molecule has 5 nitrogen and oxygen atoms in total. The zero-order valence-electron chi connectivity index (χ0n) is 21.9. The minimum absolute atomic E-state index is 0. The van der Waals surface area contributed by atoms with Crippen LogP contribution in [0.2, 0.25) is 0 Å². The number of hydrogen-bond acceptors (Lipinski definition) is 5. The number of carbonyl (C=O) groups is 1. The van der Waals surface area contributed by atoms with E-state index in [-0.39, 0.29) is 64.1 Å². The van der Waals surface area contributed by atoms with Crippen LogP contribution in [0.1, 0.15) is 118 Å². The van der Waals surface area contributed by atoms with Gasteiger partial charge in [0.2, 0.25) is 0 Å². The summed E-state index contributed by atoms with van der Waals surface area (Å²) in [4.78, 5) is 10.6. The molecule has 6 heteroatoms. The van der Waals surface area contributed by atoms with Crippen molar-refractivity contribution >= 4 is 5.97 Å². The molecule has 186 valence electrons. The van der Waals surface area contributed by atoms with Crippen molar-refractivity contribution in [2.75, 3.05) is 19.8 Å². The van der Waals surface area contributed by atoms with Crippen LogP contribution < -0.4 is 56.5 Å². The molecule has 2 unspecified atom stereocenters. The molecular weight excluding hydrogens is 431 g/mol. The van der Waals surface area contributed by atoms with Crippen molar-refractivity contribution in [2.24, 2.45) is 11.8 Å². The number of aliphatic hydroxyl groups is 1. The standard InChI is InChI=1S/C26H52O5.K/c1-22(2)15-11-7-5-9-13-17-24(27)19-31-25(20-30-21-26(28)29)18-14-10-6-8-12-16-23(3)4;/h22-25,27H,5-21H2,1-4H3,(H,28,29);/q;+1/p-1. The number of ether oxygens (including phenoxy) is 2. The number of hydrogen-bond donors (Lipinski definition) is 1. The van der Waals surface area contributed by atoms with Gasteiger partial charge in [0, 0.05) is 0 Å². The summed E-state index contributed by atoms with van der Waals surface area (Å²) in [5.74, 6) is 0.347. The molecular formula is C26H51KO5. The maximum absolute atomic E-state index is 10.6. The minimum Gasteiger partial charge on any atom is -0.548 e. The fourth-order valence-corrected chi connectivity index (χ4v) is 3.74. The Kier molecular flexibility index (Phi) is 27.6. The van der Waals surface area contributed by atoms with Gasteiger partial charge in [-0.15, -0.1) is 0 Å². The van der Waals surface area contributed by atoms with Gasteiger partial charge in [-0.25, -0.2) is 0 Å². The van der Waals surface area contributed by atoms with Gasteiger partial charge in [0.1, 0.15) is 0 Å². The first kappa shape index (κ1) is 35.1. The predicted octanol–water partition coefficient (Wildman–Crippen LogP) is 2.28. The maximum atomic E-state index is 10.6. The summed E-state index contributed by atoms with van der Waals surface area (Å²) in [5, 5.41) is 20.8. The Morgan fingerprint density at radius 1 is 0.719 bits per heavy atom. The third kappa shape index (κ3) is 27.2. The fraction of sp³-hybridized carbons (Fsp3) is 0.962. The molecule has 0 rings (SSSR count). The molecule has 2 atom stereocenters. The van der Waals surface area contributed by atoms with Crippen LogP contribution in [-0.2, 0) is 14.3 Å². The van der Waals surface area contributed by atoms with E-state index < -0.39 is 18.7 Å². The summed E-state index contributed by atoms with van der Waals surface area (Å²) in [5.41, 5.74) is 0. The summed E-state index contributed by atoms with van der Waals surface area (Å²) < 4.78 is 11.1. The Morgan fingerprint density at radius 2 is 1.16 bits per heavy atom. The smallest absolute Gasteiger partial charge is 0.548 e. The second-order valence-electron chi connectivity index (χ2n) is 9.97. The SMILES string of the molecule is CC(C)CCCCCCCC(O)COC(CCCCCCCC(C)C)COCC(=O)[O-].[K+]. The minimum atomic E-state index is -1.21. The fourth-order valence-electron chi connectivity index (χ4n) is 3.74. The van der Waals surface area contributed by atoms with Crippen molar-refractivity contribution in [3.63, 3.8) is 0 Å². The monoisotopic (exact) mass is 482 g/mol. The van der Waals surface area contributed by atoms with Crippen LogP contribution in [-0.4, -0.2) is 43.1 Å². The number of aliphatic carboxylic acids is 1. The number of rotatable bonds is 23. The molecule has 0 saturated carbocycles. The van der Waals surface area contributed by atoms with E-state index in [0.29, 0.717) is 6.61 Å². The molecule has 0 radical (unpaired) electrons. The molecule has 0 aliphatic heterocycles. The zero-order chi connectivity index (χ0) is 23.3. The van der Waals surface area contributed by atoms with Crippen molar-refractivity contribution in [3.05, 3.63) is 0 Å². The molecule has 0 aromatic carbocycles. The van der Waals surface area contributed by atoms with E-state index in [4.69, 9.17) is 9.47 Å². The van der Waals surface area contributed by atoms with Crippen LogP contribution in [0.5, 0.6) is 0 Å². The van der Waals surface area contributed by atoms with Crippen LogP contribution in [0.25, 0.3) is 0 Å². The van der Waals surface area contributed by atoms with Gasteiger partial charge < -0.3 is 24.5 Å². The molecule has 0 aliphatic rings. The van der Waals surface area contributed by atoms with Gasteiger partial charge in [0.25, 0.3) is 0 Å². The average Bonchev–Trinajstić information content (AvgIpc) is 2.69. The van der Waals surface area contributed by atoms with Crippen LogP contribution in [0.3, 0.4) is 0 Å². The largest absolute Gasteiger partial charge is 1.00 e. The molecule has 0 aliphatic carbocycles. The molecule has 0 heterocycles. The molecule has 1 N–H and O–H groups in total. The second kappa shape index (κ2) is 25.1. The Hall–Kier alpha value is 0.986. The van der Waals surface area contributed by atoms with Crippen molar-refractivity contribution in [3.8, 4) is 0 Å². The summed E-state index contributed by atoms with van der Waals surface area (Å²) >= 11 is 0. The van der Waals surface area contributed by atoms with E-state index in [1.54, 1.807) is 0 Å². The molecule has 0 aromatic heterocycles. The normalized spacial score (nSPS) is 13.3. The number of carboxylic acid groups (broad SMARTS) is 1. The molecule has 0 fully saturated rings. The number of carbonyl (C=O) groups excluding carboxylic acids is 1. The van der Waals surface area contributed by atoms with Gasteiger partial charge >= 0.3 is 51.4 Å². The Bertz CT molecular complexity index is 404. The first-order chi connectivity index (χ1) is 14.8. The molecule has 0 saturated heterocycles. The predicted molar refractivity (Wildman–Crippen MR) is 126 cm³/mol. The Labute approximate surface area is 241 Å². The van der Waals surface area contributed by atoms with Crippen molar-refractivity contribution in [1.82, 2.24) is 0 Å².